The fourth-order valence-corrected chi connectivity index (χ4v) is 4.97. The van der Waals surface area contributed by atoms with Crippen molar-refractivity contribution in [3.05, 3.63) is 95.3 Å². The van der Waals surface area contributed by atoms with Gasteiger partial charge in [0.15, 0.2) is 0 Å². The molecule has 2 fully saturated rings. The molecule has 3 aromatic rings. The number of carbonyl (C=O) groups is 2. The van der Waals surface area contributed by atoms with Crippen LogP contribution >= 0.6 is 0 Å². The van der Waals surface area contributed by atoms with E-state index in [2.05, 4.69) is 16.8 Å². The summed E-state index contributed by atoms with van der Waals surface area (Å²) in [6.45, 7) is 0.313. The number of methoxy groups -OCH3 is 1. The molecule has 2 saturated heterocycles. The Morgan fingerprint density at radius 3 is 2.54 bits per heavy atom. The van der Waals surface area contributed by atoms with Gasteiger partial charge in [0.1, 0.15) is 12.3 Å². The van der Waals surface area contributed by atoms with Crippen molar-refractivity contribution in [3.63, 3.8) is 0 Å². The molecule has 2 amide bonds. The normalized spacial score (nSPS) is 20.9. The number of rotatable bonds is 4. The second kappa shape index (κ2) is 9.61. The Morgan fingerprint density at radius 2 is 1.83 bits per heavy atom. The molecule has 0 unspecified atom stereocenters. The van der Waals surface area contributed by atoms with Gasteiger partial charge in [0.2, 0.25) is 5.91 Å². The minimum absolute atomic E-state index is 0.0136. The fourth-order valence-electron chi connectivity index (χ4n) is 4.97. The monoisotopic (exact) mass is 467 g/mol. The number of piperazine rings is 1. The van der Waals surface area contributed by atoms with Crippen molar-refractivity contribution in [3.8, 4) is 17.6 Å². The number of pyridine rings is 1. The number of hydrogen-bond donors (Lipinski definition) is 1. The van der Waals surface area contributed by atoms with Crippen molar-refractivity contribution in [1.29, 1.82) is 0 Å². The average Bonchev–Trinajstić information content (AvgIpc) is 2.89. The van der Waals surface area contributed by atoms with Gasteiger partial charge >= 0.3 is 0 Å². The molecule has 1 N–H and O–H groups in total. The van der Waals surface area contributed by atoms with E-state index >= 15 is 0 Å². The molecule has 1 aromatic heterocycles. The van der Waals surface area contributed by atoms with E-state index in [0.29, 0.717) is 12.1 Å². The van der Waals surface area contributed by atoms with Gasteiger partial charge in [0.05, 0.1) is 25.8 Å². The maximum absolute atomic E-state index is 12.9. The van der Waals surface area contributed by atoms with E-state index in [1.807, 2.05) is 48.5 Å². The zero-order valence-electron chi connectivity index (χ0n) is 19.3. The minimum Gasteiger partial charge on any atom is -0.497 e. The molecule has 0 aliphatic carbocycles. The third kappa shape index (κ3) is 4.36. The highest BCUT2D eigenvalue weighted by molar-refractivity contribution is 5.97. The van der Waals surface area contributed by atoms with Gasteiger partial charge in [-0.05, 0) is 48.0 Å². The molecule has 2 aliphatic heterocycles. The number of aliphatic hydroxyl groups excluding tert-OH is 1. The number of benzene rings is 2. The Bertz CT molecular complexity index is 1300. The quantitative estimate of drug-likeness (QED) is 0.596. The summed E-state index contributed by atoms with van der Waals surface area (Å²) in [6, 6.07) is 18.3. The summed E-state index contributed by atoms with van der Waals surface area (Å²) in [6.07, 6.45) is 3.13. The summed E-state index contributed by atoms with van der Waals surface area (Å²) in [5.41, 5.74) is 3.25. The van der Waals surface area contributed by atoms with Crippen molar-refractivity contribution in [1.82, 2.24) is 14.8 Å². The molecule has 0 radical (unpaired) electrons. The largest absolute Gasteiger partial charge is 0.497 e. The van der Waals surface area contributed by atoms with Crippen molar-refractivity contribution in [2.75, 3.05) is 26.8 Å². The van der Waals surface area contributed by atoms with E-state index in [0.717, 1.165) is 22.4 Å². The van der Waals surface area contributed by atoms with Crippen LogP contribution in [-0.2, 0) is 4.79 Å². The maximum Gasteiger partial charge on any atom is 0.254 e. The molecule has 0 bridgehead atoms. The lowest BCUT2D eigenvalue weighted by Gasteiger charge is -2.58. The van der Waals surface area contributed by atoms with Crippen LogP contribution in [0, 0.1) is 11.8 Å². The molecule has 3 heterocycles. The van der Waals surface area contributed by atoms with E-state index in [4.69, 9.17) is 4.74 Å². The van der Waals surface area contributed by atoms with Crippen LogP contribution < -0.4 is 4.74 Å². The summed E-state index contributed by atoms with van der Waals surface area (Å²) in [5.74, 6) is 6.69. The number of amides is 2. The summed E-state index contributed by atoms with van der Waals surface area (Å²) >= 11 is 0. The van der Waals surface area contributed by atoms with Crippen LogP contribution in [0.5, 0.6) is 5.75 Å². The van der Waals surface area contributed by atoms with Gasteiger partial charge in [-0.1, -0.05) is 30.0 Å². The minimum atomic E-state index is -0.292. The van der Waals surface area contributed by atoms with Gasteiger partial charge in [0.25, 0.3) is 5.91 Å². The van der Waals surface area contributed by atoms with Gasteiger partial charge in [-0.25, -0.2) is 0 Å². The first-order chi connectivity index (χ1) is 17.1. The Labute approximate surface area is 204 Å². The molecular formula is C28H25N3O4. The van der Waals surface area contributed by atoms with Crippen LogP contribution in [0.2, 0.25) is 0 Å². The Morgan fingerprint density at radius 1 is 1.09 bits per heavy atom. The number of aliphatic hydroxyl groups is 1. The van der Waals surface area contributed by atoms with Crippen LogP contribution in [0.4, 0.5) is 0 Å². The zero-order valence-corrected chi connectivity index (χ0v) is 19.3. The number of ether oxygens (including phenoxy) is 1. The van der Waals surface area contributed by atoms with Crippen molar-refractivity contribution in [2.45, 2.75) is 18.0 Å². The summed E-state index contributed by atoms with van der Waals surface area (Å²) < 4.78 is 5.24. The molecule has 3 atom stereocenters. The Kier molecular flexibility index (Phi) is 6.21. The SMILES string of the molecule is COc1cccc(C#Cc2ccc([C@H]3[C@@H](CO)N4C(=O)CN(C(=O)c5ccncc5)C[C@H]34)cc2)c1. The summed E-state index contributed by atoms with van der Waals surface area (Å²) in [4.78, 5) is 33.1. The van der Waals surface area contributed by atoms with E-state index in [1.54, 1.807) is 41.4 Å². The van der Waals surface area contributed by atoms with Gasteiger partial charge in [-0.15, -0.1) is 0 Å². The maximum atomic E-state index is 12.9. The van der Waals surface area contributed by atoms with E-state index in [1.165, 1.54) is 0 Å². The Hall–Kier alpha value is -4.15. The topological polar surface area (TPSA) is 83.0 Å². The van der Waals surface area contributed by atoms with Gasteiger partial charge in [0, 0.05) is 41.5 Å². The molecule has 2 aromatic carbocycles. The van der Waals surface area contributed by atoms with E-state index in [-0.39, 0.29) is 43.0 Å². The number of fused-ring (bicyclic) bond motifs is 1. The highest BCUT2D eigenvalue weighted by atomic mass is 16.5. The second-order valence-electron chi connectivity index (χ2n) is 8.67. The highest BCUT2D eigenvalue weighted by Gasteiger charge is 2.54. The lowest BCUT2D eigenvalue weighted by molar-refractivity contribution is -0.159. The van der Waals surface area contributed by atoms with E-state index in [9.17, 15) is 14.7 Å². The molecule has 0 saturated carbocycles. The van der Waals surface area contributed by atoms with Crippen molar-refractivity contribution < 1.29 is 19.4 Å². The predicted molar refractivity (Wildman–Crippen MR) is 130 cm³/mol. The number of aromatic nitrogens is 1. The smallest absolute Gasteiger partial charge is 0.254 e. The lowest BCUT2D eigenvalue weighted by atomic mass is 9.73. The molecular weight excluding hydrogens is 442 g/mol. The van der Waals surface area contributed by atoms with Crippen LogP contribution in [0.1, 0.15) is 33.0 Å². The second-order valence-corrected chi connectivity index (χ2v) is 8.67. The summed E-state index contributed by atoms with van der Waals surface area (Å²) in [5, 5.41) is 10.0. The number of nitrogens with zero attached hydrogens (tertiary/aromatic N) is 3. The first kappa shape index (κ1) is 22.6. The molecule has 5 rings (SSSR count). The average molecular weight is 468 g/mol. The predicted octanol–water partition coefficient (Wildman–Crippen LogP) is 2.30. The van der Waals surface area contributed by atoms with Gasteiger partial charge in [-0.2, -0.15) is 0 Å². The van der Waals surface area contributed by atoms with Crippen molar-refractivity contribution >= 4 is 11.8 Å². The van der Waals surface area contributed by atoms with E-state index < -0.39 is 0 Å². The highest BCUT2D eigenvalue weighted by Crippen LogP contribution is 2.43. The van der Waals surface area contributed by atoms with Gasteiger partial charge in [-0.3, -0.25) is 14.6 Å². The number of hydrogen-bond acceptors (Lipinski definition) is 5. The standard InChI is InChI=1S/C28H25N3O4/c1-35-23-4-2-3-20(15-23)6-5-19-7-9-21(10-8-19)27-24-16-30(17-26(33)31(24)25(27)18-32)28(34)22-11-13-29-14-12-22/h2-4,7-15,24-25,27,32H,16-18H2,1H3/t24-,25-,27-/m1/s1. The van der Waals surface area contributed by atoms with Crippen LogP contribution in [0.25, 0.3) is 0 Å². The molecule has 0 spiro atoms. The lowest BCUT2D eigenvalue weighted by Crippen LogP contribution is -2.73. The zero-order chi connectivity index (χ0) is 24.4. The Balaban J connectivity index is 1.34. The molecule has 176 valence electrons. The van der Waals surface area contributed by atoms with Crippen LogP contribution in [-0.4, -0.2) is 70.6 Å². The molecule has 7 nitrogen and oxygen atoms in total. The summed E-state index contributed by atoms with van der Waals surface area (Å²) in [7, 11) is 1.63. The van der Waals surface area contributed by atoms with Gasteiger partial charge < -0.3 is 19.6 Å². The van der Waals surface area contributed by atoms with Crippen molar-refractivity contribution in [2.24, 2.45) is 0 Å². The molecule has 35 heavy (non-hydrogen) atoms. The van der Waals surface area contributed by atoms with Crippen LogP contribution in [0.3, 0.4) is 0 Å². The third-order valence-electron chi connectivity index (χ3n) is 6.68. The van der Waals surface area contributed by atoms with Crippen LogP contribution in [0.15, 0.2) is 73.1 Å². The third-order valence-corrected chi connectivity index (χ3v) is 6.68. The fraction of sp³-hybridized carbons (Fsp3) is 0.250. The first-order valence-electron chi connectivity index (χ1n) is 11.5. The molecule has 7 heteroatoms. The first-order valence-corrected chi connectivity index (χ1v) is 11.5. The number of carbonyl (C=O) groups excluding carboxylic acids is 2. The molecule has 2 aliphatic rings.